The monoisotopic (exact) mass is 286 g/mol. The highest BCUT2D eigenvalue weighted by Gasteiger charge is 2.14. The third kappa shape index (κ3) is 3.10. The fraction of sp³-hybridized carbons (Fsp3) is 0.471. The highest BCUT2D eigenvalue weighted by molar-refractivity contribution is 5.90. The number of aromatic nitrogens is 1. The zero-order chi connectivity index (χ0) is 14.7. The number of nitrogens with one attached hydrogen (secondary N) is 1. The van der Waals surface area contributed by atoms with Crippen LogP contribution in [0.1, 0.15) is 31.7 Å². The number of nitrogens with zero attached hydrogens (tertiary/aromatic N) is 1. The molecule has 112 valence electrons. The SMILES string of the molecule is CCC(=O)Oc1cccc2c(CCN3CCCC3)c[nH]c12. The minimum Gasteiger partial charge on any atom is -0.424 e. The molecule has 0 bridgehead atoms. The molecule has 0 spiro atoms. The summed E-state index contributed by atoms with van der Waals surface area (Å²) in [6, 6.07) is 5.89. The lowest BCUT2D eigenvalue weighted by atomic mass is 10.1. The van der Waals surface area contributed by atoms with Gasteiger partial charge in [0.2, 0.25) is 0 Å². The zero-order valence-corrected chi connectivity index (χ0v) is 12.5. The van der Waals surface area contributed by atoms with Gasteiger partial charge in [0.25, 0.3) is 0 Å². The van der Waals surface area contributed by atoms with Crippen LogP contribution in [-0.2, 0) is 11.2 Å². The van der Waals surface area contributed by atoms with Crippen molar-refractivity contribution in [1.29, 1.82) is 0 Å². The summed E-state index contributed by atoms with van der Waals surface area (Å²) >= 11 is 0. The van der Waals surface area contributed by atoms with E-state index in [0.717, 1.165) is 23.9 Å². The van der Waals surface area contributed by atoms with Crippen LogP contribution < -0.4 is 4.74 Å². The molecule has 1 aliphatic heterocycles. The van der Waals surface area contributed by atoms with E-state index in [1.165, 1.54) is 31.5 Å². The lowest BCUT2D eigenvalue weighted by molar-refractivity contribution is -0.133. The lowest BCUT2D eigenvalue weighted by Crippen LogP contribution is -2.21. The zero-order valence-electron chi connectivity index (χ0n) is 12.5. The first kappa shape index (κ1) is 14.1. The summed E-state index contributed by atoms with van der Waals surface area (Å²) in [5, 5.41) is 1.16. The molecule has 0 aliphatic carbocycles. The molecule has 1 aromatic heterocycles. The van der Waals surface area contributed by atoms with Gasteiger partial charge in [-0.1, -0.05) is 19.1 Å². The molecule has 0 radical (unpaired) electrons. The molecule has 2 heterocycles. The maximum atomic E-state index is 11.5. The van der Waals surface area contributed by atoms with E-state index in [9.17, 15) is 4.79 Å². The van der Waals surface area contributed by atoms with Gasteiger partial charge in [-0.05, 0) is 44.0 Å². The van der Waals surface area contributed by atoms with Crippen LogP contribution in [0.25, 0.3) is 10.9 Å². The van der Waals surface area contributed by atoms with Crippen LogP contribution >= 0.6 is 0 Å². The Kier molecular flexibility index (Phi) is 4.25. The van der Waals surface area contributed by atoms with Crippen molar-refractivity contribution in [3.05, 3.63) is 30.0 Å². The topological polar surface area (TPSA) is 45.3 Å². The fourth-order valence-electron chi connectivity index (χ4n) is 2.96. The Balaban J connectivity index is 1.77. The first-order chi connectivity index (χ1) is 10.3. The molecule has 0 saturated carbocycles. The Morgan fingerprint density at radius 1 is 1.33 bits per heavy atom. The number of aromatic amines is 1. The number of esters is 1. The predicted octanol–water partition coefficient (Wildman–Crippen LogP) is 3.12. The molecule has 1 aliphatic rings. The van der Waals surface area contributed by atoms with Gasteiger partial charge in [-0.3, -0.25) is 4.79 Å². The molecule has 1 aromatic carbocycles. The standard InChI is InChI=1S/C17H22N2O2/c1-2-16(20)21-15-7-5-6-14-13(12-18-17(14)15)8-11-19-9-3-4-10-19/h5-7,12,18H,2-4,8-11H2,1H3. The van der Waals surface area contributed by atoms with Gasteiger partial charge in [0.15, 0.2) is 5.75 Å². The molecule has 0 amide bonds. The second-order valence-electron chi connectivity index (χ2n) is 5.62. The van der Waals surface area contributed by atoms with Gasteiger partial charge in [0, 0.05) is 24.5 Å². The number of carbonyl (C=O) groups excluding carboxylic acids is 1. The largest absolute Gasteiger partial charge is 0.424 e. The van der Waals surface area contributed by atoms with E-state index in [1.807, 2.05) is 18.3 Å². The minimum atomic E-state index is -0.198. The number of benzene rings is 1. The summed E-state index contributed by atoms with van der Waals surface area (Å²) in [5.74, 6) is 0.433. The van der Waals surface area contributed by atoms with Crippen molar-refractivity contribution in [2.75, 3.05) is 19.6 Å². The molecular weight excluding hydrogens is 264 g/mol. The van der Waals surface area contributed by atoms with E-state index >= 15 is 0 Å². The second-order valence-corrected chi connectivity index (χ2v) is 5.62. The molecule has 0 unspecified atom stereocenters. The van der Waals surface area contributed by atoms with E-state index < -0.39 is 0 Å². The van der Waals surface area contributed by atoms with Crippen LogP contribution in [0.2, 0.25) is 0 Å². The molecule has 2 aromatic rings. The van der Waals surface area contributed by atoms with Crippen LogP contribution in [0.15, 0.2) is 24.4 Å². The molecular formula is C17H22N2O2. The highest BCUT2D eigenvalue weighted by atomic mass is 16.5. The van der Waals surface area contributed by atoms with Crippen molar-refractivity contribution < 1.29 is 9.53 Å². The number of likely N-dealkylation sites (tertiary alicyclic amines) is 1. The second kappa shape index (κ2) is 6.31. The molecule has 4 nitrogen and oxygen atoms in total. The first-order valence-electron chi connectivity index (χ1n) is 7.80. The maximum Gasteiger partial charge on any atom is 0.310 e. The Morgan fingerprint density at radius 2 is 2.14 bits per heavy atom. The summed E-state index contributed by atoms with van der Waals surface area (Å²) in [6.07, 6.45) is 6.12. The van der Waals surface area contributed by atoms with Crippen molar-refractivity contribution in [2.45, 2.75) is 32.6 Å². The summed E-state index contributed by atoms with van der Waals surface area (Å²) in [7, 11) is 0. The Hall–Kier alpha value is -1.81. The van der Waals surface area contributed by atoms with Gasteiger partial charge in [0.1, 0.15) is 0 Å². The maximum absolute atomic E-state index is 11.5. The average Bonchev–Trinajstić information content (AvgIpc) is 3.14. The quantitative estimate of drug-likeness (QED) is 0.678. The van der Waals surface area contributed by atoms with Crippen molar-refractivity contribution in [1.82, 2.24) is 9.88 Å². The van der Waals surface area contributed by atoms with E-state index in [0.29, 0.717) is 12.2 Å². The normalized spacial score (nSPS) is 15.7. The van der Waals surface area contributed by atoms with Crippen molar-refractivity contribution >= 4 is 16.9 Å². The summed E-state index contributed by atoms with van der Waals surface area (Å²) in [5.41, 5.74) is 2.22. The fourth-order valence-corrected chi connectivity index (χ4v) is 2.96. The predicted molar refractivity (Wildman–Crippen MR) is 83.6 cm³/mol. The van der Waals surface area contributed by atoms with Gasteiger partial charge >= 0.3 is 5.97 Å². The number of carbonyl (C=O) groups is 1. The number of hydrogen-bond acceptors (Lipinski definition) is 3. The van der Waals surface area contributed by atoms with Crippen molar-refractivity contribution in [3.63, 3.8) is 0 Å². The van der Waals surface area contributed by atoms with Crippen LogP contribution in [-0.4, -0.2) is 35.5 Å². The van der Waals surface area contributed by atoms with Crippen molar-refractivity contribution in [3.8, 4) is 5.75 Å². The molecule has 1 saturated heterocycles. The molecule has 1 N–H and O–H groups in total. The van der Waals surface area contributed by atoms with E-state index in [-0.39, 0.29) is 5.97 Å². The third-order valence-corrected chi connectivity index (χ3v) is 4.17. The molecule has 21 heavy (non-hydrogen) atoms. The van der Waals surface area contributed by atoms with Gasteiger partial charge in [-0.25, -0.2) is 0 Å². The Morgan fingerprint density at radius 3 is 2.90 bits per heavy atom. The van der Waals surface area contributed by atoms with Crippen molar-refractivity contribution in [2.24, 2.45) is 0 Å². The number of rotatable bonds is 5. The van der Waals surface area contributed by atoms with Gasteiger partial charge < -0.3 is 14.6 Å². The Labute approximate surface area is 125 Å². The number of ether oxygens (including phenoxy) is 1. The van der Waals surface area contributed by atoms with Crippen LogP contribution in [0.4, 0.5) is 0 Å². The number of fused-ring (bicyclic) bond motifs is 1. The molecule has 0 atom stereocenters. The van der Waals surface area contributed by atoms with Gasteiger partial charge in [-0.15, -0.1) is 0 Å². The van der Waals surface area contributed by atoms with Crippen LogP contribution in [0.5, 0.6) is 5.75 Å². The third-order valence-electron chi connectivity index (χ3n) is 4.17. The van der Waals surface area contributed by atoms with E-state index in [1.54, 1.807) is 6.92 Å². The highest BCUT2D eigenvalue weighted by Crippen LogP contribution is 2.28. The van der Waals surface area contributed by atoms with Crippen LogP contribution in [0, 0.1) is 0 Å². The number of para-hydroxylation sites is 1. The lowest BCUT2D eigenvalue weighted by Gasteiger charge is -2.13. The molecule has 3 rings (SSSR count). The smallest absolute Gasteiger partial charge is 0.310 e. The van der Waals surface area contributed by atoms with E-state index in [2.05, 4.69) is 16.0 Å². The molecule has 4 heteroatoms. The summed E-state index contributed by atoms with van der Waals surface area (Å²) < 4.78 is 5.39. The average molecular weight is 286 g/mol. The van der Waals surface area contributed by atoms with E-state index in [4.69, 9.17) is 4.74 Å². The van der Waals surface area contributed by atoms with Gasteiger partial charge in [-0.2, -0.15) is 0 Å². The first-order valence-corrected chi connectivity index (χ1v) is 7.80. The minimum absolute atomic E-state index is 0.198. The van der Waals surface area contributed by atoms with Gasteiger partial charge in [0.05, 0.1) is 5.52 Å². The number of H-pyrrole nitrogens is 1. The van der Waals surface area contributed by atoms with Crippen LogP contribution in [0.3, 0.4) is 0 Å². The summed E-state index contributed by atoms with van der Waals surface area (Å²) in [6.45, 7) is 5.36. The Bertz CT molecular complexity index is 627. The molecule has 1 fully saturated rings. The number of hydrogen-bond donors (Lipinski definition) is 1. The summed E-state index contributed by atoms with van der Waals surface area (Å²) in [4.78, 5) is 17.3.